The maximum atomic E-state index is 13.2. The first-order valence-electron chi connectivity index (χ1n) is 10.4. The van der Waals surface area contributed by atoms with Crippen molar-refractivity contribution in [3.05, 3.63) is 99.5 Å². The fraction of sp³-hybridized carbons (Fsp3) is 0.125. The number of benzene rings is 3. The largest absolute Gasteiger partial charge is 0.482 e. The number of nitrogens with zero attached hydrogens (tertiary/aromatic N) is 3. The number of nitrogens with one attached hydrogen (secondary N) is 2. The van der Waals surface area contributed by atoms with Gasteiger partial charge in [-0.3, -0.25) is 4.79 Å². The second kappa shape index (κ2) is 11.2. The van der Waals surface area contributed by atoms with E-state index in [2.05, 4.69) is 20.7 Å². The molecule has 180 valence electrons. The molecule has 0 unspecified atom stereocenters. The number of hydrogen-bond donors (Lipinski definition) is 2. The van der Waals surface area contributed by atoms with Crippen LogP contribution in [0.3, 0.4) is 0 Å². The number of aromatic nitrogens is 3. The van der Waals surface area contributed by atoms with Crippen LogP contribution in [0.25, 0.3) is 0 Å². The molecule has 4 aromatic rings. The monoisotopic (exact) mass is 517 g/mol. The van der Waals surface area contributed by atoms with E-state index in [0.717, 1.165) is 15.8 Å². The van der Waals surface area contributed by atoms with Crippen molar-refractivity contribution in [3.8, 4) is 5.75 Å². The van der Waals surface area contributed by atoms with E-state index in [-0.39, 0.29) is 41.7 Å². The van der Waals surface area contributed by atoms with Crippen molar-refractivity contribution in [2.24, 2.45) is 0 Å². The van der Waals surface area contributed by atoms with Crippen LogP contribution in [0.4, 0.5) is 20.7 Å². The van der Waals surface area contributed by atoms with E-state index in [1.54, 1.807) is 36.4 Å². The molecule has 0 aliphatic carbocycles. The summed E-state index contributed by atoms with van der Waals surface area (Å²) in [5.41, 5.74) is 1.58. The first-order valence-corrected chi connectivity index (χ1v) is 11.2. The minimum atomic E-state index is -0.514. The lowest BCUT2D eigenvalue weighted by molar-refractivity contribution is 0.0824. The highest BCUT2D eigenvalue weighted by atomic mass is 35.5. The number of anilines is 2. The molecule has 35 heavy (non-hydrogen) atoms. The van der Waals surface area contributed by atoms with E-state index in [1.807, 2.05) is 0 Å². The van der Waals surface area contributed by atoms with Crippen LogP contribution in [0, 0.1) is 11.6 Å². The van der Waals surface area contributed by atoms with Gasteiger partial charge in [-0.2, -0.15) is 9.67 Å². The molecular formula is C24H19Cl2F2N5O2. The molecule has 0 aliphatic rings. The molecule has 7 nitrogen and oxygen atoms in total. The molecule has 0 atom stereocenters. The van der Waals surface area contributed by atoms with Crippen LogP contribution in [0.2, 0.25) is 10.0 Å². The van der Waals surface area contributed by atoms with Crippen molar-refractivity contribution >= 4 is 41.0 Å². The Kier molecular flexibility index (Phi) is 7.79. The molecule has 0 spiro atoms. The van der Waals surface area contributed by atoms with Crippen molar-refractivity contribution in [2.75, 3.05) is 17.2 Å². The number of carbonyl (C=O) groups excluding carboxylic acids is 1. The third-order valence-corrected chi connectivity index (χ3v) is 5.35. The fourth-order valence-corrected chi connectivity index (χ4v) is 3.50. The highest BCUT2D eigenvalue weighted by Gasteiger charge is 2.18. The number of carbonyl (C=O) groups is 1. The van der Waals surface area contributed by atoms with Gasteiger partial charge in [0.15, 0.2) is 6.61 Å². The quantitative estimate of drug-likeness (QED) is 0.291. The second-order valence-electron chi connectivity index (χ2n) is 7.39. The molecule has 3 aromatic carbocycles. The van der Waals surface area contributed by atoms with Crippen molar-refractivity contribution in [2.45, 2.75) is 13.1 Å². The van der Waals surface area contributed by atoms with E-state index in [1.165, 1.54) is 30.3 Å². The van der Waals surface area contributed by atoms with Gasteiger partial charge in [-0.05, 0) is 53.6 Å². The average molecular weight is 518 g/mol. The summed E-state index contributed by atoms with van der Waals surface area (Å²) >= 11 is 12.0. The molecule has 4 rings (SSSR count). The lowest BCUT2D eigenvalue weighted by Crippen LogP contribution is -2.23. The second-order valence-corrected chi connectivity index (χ2v) is 8.23. The van der Waals surface area contributed by atoms with Gasteiger partial charge in [-0.1, -0.05) is 47.5 Å². The van der Waals surface area contributed by atoms with E-state index >= 15 is 0 Å². The average Bonchev–Trinajstić information content (AvgIpc) is 3.26. The summed E-state index contributed by atoms with van der Waals surface area (Å²) in [7, 11) is 0. The van der Waals surface area contributed by atoms with Gasteiger partial charge < -0.3 is 15.4 Å². The molecule has 0 radical (unpaired) electrons. The van der Waals surface area contributed by atoms with Crippen LogP contribution in [-0.2, 0) is 13.1 Å². The third-order valence-electron chi connectivity index (χ3n) is 4.82. The first-order chi connectivity index (χ1) is 16.9. The van der Waals surface area contributed by atoms with E-state index in [0.29, 0.717) is 17.3 Å². The maximum Gasteiger partial charge on any atom is 0.288 e. The Balaban J connectivity index is 1.49. The van der Waals surface area contributed by atoms with Crippen LogP contribution in [0.5, 0.6) is 5.75 Å². The number of rotatable bonds is 9. The molecule has 11 heteroatoms. The zero-order chi connectivity index (χ0) is 24.8. The summed E-state index contributed by atoms with van der Waals surface area (Å²) in [6, 6.07) is 16.5. The van der Waals surface area contributed by atoms with Gasteiger partial charge in [0.1, 0.15) is 17.4 Å². The van der Waals surface area contributed by atoms with Crippen molar-refractivity contribution in [1.29, 1.82) is 0 Å². The zero-order valence-corrected chi connectivity index (χ0v) is 19.7. The van der Waals surface area contributed by atoms with Gasteiger partial charge in [0.2, 0.25) is 11.9 Å². The van der Waals surface area contributed by atoms with E-state index in [9.17, 15) is 13.6 Å². The molecule has 0 amide bonds. The Labute approximate surface area is 209 Å². The lowest BCUT2D eigenvalue weighted by atomic mass is 10.2. The molecule has 0 saturated carbocycles. The molecule has 0 saturated heterocycles. The molecule has 2 N–H and O–H groups in total. The van der Waals surface area contributed by atoms with E-state index in [4.69, 9.17) is 27.9 Å². The maximum absolute atomic E-state index is 13.2. The summed E-state index contributed by atoms with van der Waals surface area (Å²) in [5.74, 6) is -0.576. The zero-order valence-electron chi connectivity index (χ0n) is 18.1. The normalized spacial score (nSPS) is 10.7. The summed E-state index contributed by atoms with van der Waals surface area (Å²) < 4.78 is 32.9. The third kappa shape index (κ3) is 6.68. The van der Waals surface area contributed by atoms with E-state index < -0.39 is 5.91 Å². The molecule has 0 aliphatic heterocycles. The topological polar surface area (TPSA) is 81.1 Å². The fourth-order valence-electron chi connectivity index (χ4n) is 3.03. The van der Waals surface area contributed by atoms with Crippen molar-refractivity contribution in [3.63, 3.8) is 0 Å². The Hall–Kier alpha value is -3.69. The van der Waals surface area contributed by atoms with Crippen molar-refractivity contribution in [1.82, 2.24) is 14.8 Å². The number of ether oxygens (including phenoxy) is 1. The van der Waals surface area contributed by atoms with Crippen LogP contribution >= 0.6 is 23.2 Å². The first kappa shape index (κ1) is 24.4. The molecule has 1 heterocycles. The van der Waals surface area contributed by atoms with Crippen LogP contribution in [0.15, 0.2) is 66.7 Å². The lowest BCUT2D eigenvalue weighted by Gasteiger charge is -2.09. The highest BCUT2D eigenvalue weighted by Crippen LogP contribution is 2.27. The summed E-state index contributed by atoms with van der Waals surface area (Å²) in [6.45, 7) is 0.216. The molecule has 0 bridgehead atoms. The van der Waals surface area contributed by atoms with Gasteiger partial charge in [-0.15, -0.1) is 5.10 Å². The predicted octanol–water partition coefficient (Wildman–Crippen LogP) is 5.81. The molecular weight excluding hydrogens is 499 g/mol. The van der Waals surface area contributed by atoms with Crippen LogP contribution in [-0.4, -0.2) is 27.3 Å². The van der Waals surface area contributed by atoms with Gasteiger partial charge in [0.05, 0.1) is 5.02 Å². The Morgan fingerprint density at radius 1 is 0.886 bits per heavy atom. The summed E-state index contributed by atoms with van der Waals surface area (Å²) in [6.07, 6.45) is 0. The van der Waals surface area contributed by atoms with Crippen LogP contribution in [0.1, 0.15) is 15.9 Å². The van der Waals surface area contributed by atoms with Gasteiger partial charge in [-0.25, -0.2) is 8.78 Å². The summed E-state index contributed by atoms with van der Waals surface area (Å²) in [5, 5.41) is 11.0. The minimum Gasteiger partial charge on any atom is -0.482 e. The standard InChI is InChI=1S/C24H19Cl2F2N5O2/c25-17-5-10-21(20(26)11-17)35-14-22(34)33-24(30-13-16-3-8-19(28)9-4-16)31-23(32-33)29-12-15-1-6-18(27)7-2-15/h1-11H,12-14H2,(H2,29,30,31,32). The Morgan fingerprint density at radius 3 is 2.09 bits per heavy atom. The Morgan fingerprint density at radius 2 is 1.49 bits per heavy atom. The highest BCUT2D eigenvalue weighted by molar-refractivity contribution is 6.35. The van der Waals surface area contributed by atoms with Crippen molar-refractivity contribution < 1.29 is 18.3 Å². The smallest absolute Gasteiger partial charge is 0.288 e. The predicted molar refractivity (Wildman–Crippen MR) is 130 cm³/mol. The molecule has 1 aromatic heterocycles. The van der Waals surface area contributed by atoms with Gasteiger partial charge >= 0.3 is 0 Å². The number of hydrogen-bond acceptors (Lipinski definition) is 6. The van der Waals surface area contributed by atoms with Gasteiger partial charge in [0.25, 0.3) is 5.91 Å². The van der Waals surface area contributed by atoms with Crippen LogP contribution < -0.4 is 15.4 Å². The SMILES string of the molecule is O=C(COc1ccc(Cl)cc1Cl)n1nc(NCc2ccc(F)cc2)nc1NCc1ccc(F)cc1. The minimum absolute atomic E-state index is 0.159. The summed E-state index contributed by atoms with van der Waals surface area (Å²) in [4.78, 5) is 17.2. The number of halogens is 4. The molecule has 0 fully saturated rings. The Bertz CT molecular complexity index is 1310. The van der Waals surface area contributed by atoms with Gasteiger partial charge in [0, 0.05) is 18.1 Å².